The summed E-state index contributed by atoms with van der Waals surface area (Å²) in [6, 6.07) is 21.8. The van der Waals surface area contributed by atoms with Crippen LogP contribution in [0.25, 0.3) is 0 Å². The number of ether oxygens (including phenoxy) is 3. The molecule has 38 heavy (non-hydrogen) atoms. The second-order valence-corrected chi connectivity index (χ2v) is 9.77. The summed E-state index contributed by atoms with van der Waals surface area (Å²) in [5, 5.41) is 9.75. The fourth-order valence-corrected chi connectivity index (χ4v) is 5.83. The minimum atomic E-state index is -0.349. The largest absolute Gasteiger partial charge is 0.496 e. The number of benzene rings is 3. The maximum atomic E-state index is 14.4. The molecule has 2 aliphatic rings. The predicted molar refractivity (Wildman–Crippen MR) is 144 cm³/mol. The molecule has 3 aromatic carbocycles. The van der Waals surface area contributed by atoms with Crippen LogP contribution in [0.3, 0.4) is 0 Å². The second-order valence-electron chi connectivity index (χ2n) is 9.77. The number of amides is 1. The highest BCUT2D eigenvalue weighted by Gasteiger charge is 2.39. The molecule has 2 atom stereocenters. The van der Waals surface area contributed by atoms with Crippen molar-refractivity contribution in [2.24, 2.45) is 0 Å². The van der Waals surface area contributed by atoms with Crippen molar-refractivity contribution in [1.82, 2.24) is 9.80 Å². The number of nitrogens with zero attached hydrogens (tertiary/aromatic N) is 3. The summed E-state index contributed by atoms with van der Waals surface area (Å²) in [4.78, 5) is 18.5. The lowest BCUT2D eigenvalue weighted by Crippen LogP contribution is -2.53. The maximum absolute atomic E-state index is 14.4. The highest BCUT2D eigenvalue weighted by molar-refractivity contribution is 5.83. The summed E-state index contributed by atoms with van der Waals surface area (Å²) in [5.74, 6) is 2.13. The second kappa shape index (κ2) is 11.2. The van der Waals surface area contributed by atoms with Gasteiger partial charge in [-0.05, 0) is 53.3 Å². The number of methoxy groups -OCH3 is 3. The Kier molecular flexibility index (Phi) is 7.52. The van der Waals surface area contributed by atoms with Crippen LogP contribution in [0, 0.1) is 11.3 Å². The smallest absolute Gasteiger partial charge is 0.240 e. The van der Waals surface area contributed by atoms with Crippen LogP contribution in [0.5, 0.6) is 17.2 Å². The van der Waals surface area contributed by atoms with Gasteiger partial charge in [-0.2, -0.15) is 5.26 Å². The fraction of sp³-hybridized carbons (Fsp3) is 0.355. The van der Waals surface area contributed by atoms with Crippen molar-refractivity contribution in [2.45, 2.75) is 44.4 Å². The van der Waals surface area contributed by atoms with Crippen LogP contribution in [0.1, 0.15) is 40.3 Å². The fourth-order valence-electron chi connectivity index (χ4n) is 5.83. The lowest BCUT2D eigenvalue weighted by molar-refractivity contribution is -0.141. The van der Waals surface area contributed by atoms with Crippen molar-refractivity contribution in [1.29, 1.82) is 5.26 Å². The van der Waals surface area contributed by atoms with Gasteiger partial charge in [0.25, 0.3) is 0 Å². The van der Waals surface area contributed by atoms with E-state index in [4.69, 9.17) is 14.2 Å². The van der Waals surface area contributed by atoms with Crippen molar-refractivity contribution in [3.63, 3.8) is 0 Å². The Morgan fingerprint density at radius 2 is 1.61 bits per heavy atom. The molecule has 3 aromatic rings. The van der Waals surface area contributed by atoms with Gasteiger partial charge in [-0.25, -0.2) is 0 Å². The van der Waals surface area contributed by atoms with Gasteiger partial charge in [0.2, 0.25) is 5.91 Å². The number of nitriles is 1. The van der Waals surface area contributed by atoms with Gasteiger partial charge in [-0.1, -0.05) is 42.5 Å². The quantitative estimate of drug-likeness (QED) is 0.459. The van der Waals surface area contributed by atoms with Crippen LogP contribution in [0.2, 0.25) is 0 Å². The molecule has 196 valence electrons. The average molecular weight is 512 g/mol. The van der Waals surface area contributed by atoms with Gasteiger partial charge in [0.05, 0.1) is 45.9 Å². The van der Waals surface area contributed by atoms with E-state index in [0.717, 1.165) is 22.4 Å². The average Bonchev–Trinajstić information content (AvgIpc) is 2.96. The Morgan fingerprint density at radius 3 is 2.34 bits per heavy atom. The molecule has 0 saturated carbocycles. The molecule has 0 saturated heterocycles. The first kappa shape index (κ1) is 25.6. The first-order chi connectivity index (χ1) is 18.6. The molecule has 5 rings (SSSR count). The zero-order valence-electron chi connectivity index (χ0n) is 22.1. The van der Waals surface area contributed by atoms with Crippen molar-refractivity contribution in [2.75, 3.05) is 27.9 Å². The summed E-state index contributed by atoms with van der Waals surface area (Å²) >= 11 is 0. The Balaban J connectivity index is 1.50. The van der Waals surface area contributed by atoms with E-state index in [9.17, 15) is 10.1 Å². The molecule has 7 nitrogen and oxygen atoms in total. The molecule has 7 heteroatoms. The summed E-state index contributed by atoms with van der Waals surface area (Å²) < 4.78 is 16.7. The number of rotatable bonds is 7. The molecule has 0 aliphatic carbocycles. The minimum Gasteiger partial charge on any atom is -0.496 e. The number of carbonyl (C=O) groups excluding carboxylic acids is 1. The van der Waals surface area contributed by atoms with Crippen molar-refractivity contribution in [3.8, 4) is 23.3 Å². The Hall–Kier alpha value is -4.02. The third kappa shape index (κ3) is 4.80. The predicted octanol–water partition coefficient (Wildman–Crippen LogP) is 4.68. The molecule has 0 spiro atoms. The van der Waals surface area contributed by atoms with Crippen LogP contribution in [-0.4, -0.2) is 49.6 Å². The van der Waals surface area contributed by atoms with Gasteiger partial charge < -0.3 is 19.1 Å². The van der Waals surface area contributed by atoms with Crippen LogP contribution in [0.15, 0.2) is 60.7 Å². The molecule has 0 radical (unpaired) electrons. The van der Waals surface area contributed by atoms with Gasteiger partial charge in [-0.3, -0.25) is 9.69 Å². The van der Waals surface area contributed by atoms with Crippen LogP contribution in [0.4, 0.5) is 0 Å². The van der Waals surface area contributed by atoms with Gasteiger partial charge in [-0.15, -0.1) is 0 Å². The zero-order chi connectivity index (χ0) is 26.6. The lowest BCUT2D eigenvalue weighted by atomic mass is 9.88. The highest BCUT2D eigenvalue weighted by Crippen LogP contribution is 2.40. The summed E-state index contributed by atoms with van der Waals surface area (Å²) in [7, 11) is 4.89. The van der Waals surface area contributed by atoms with Crippen LogP contribution in [-0.2, 0) is 30.7 Å². The van der Waals surface area contributed by atoms with Crippen LogP contribution >= 0.6 is 0 Å². The maximum Gasteiger partial charge on any atom is 0.240 e. The molecule has 0 N–H and O–H groups in total. The third-order valence-electron chi connectivity index (χ3n) is 7.77. The van der Waals surface area contributed by atoms with E-state index in [2.05, 4.69) is 35.2 Å². The number of hydrogen-bond acceptors (Lipinski definition) is 6. The Bertz CT molecular complexity index is 1370. The first-order valence-corrected chi connectivity index (χ1v) is 12.9. The van der Waals surface area contributed by atoms with Crippen molar-refractivity contribution < 1.29 is 19.0 Å². The van der Waals surface area contributed by atoms with E-state index in [-0.39, 0.29) is 24.4 Å². The summed E-state index contributed by atoms with van der Waals surface area (Å²) in [5.41, 5.74) is 5.52. The van der Waals surface area contributed by atoms with E-state index in [1.54, 1.807) is 21.3 Å². The van der Waals surface area contributed by atoms with E-state index >= 15 is 0 Å². The zero-order valence-corrected chi connectivity index (χ0v) is 22.1. The van der Waals surface area contributed by atoms with Crippen molar-refractivity contribution in [3.05, 3.63) is 88.5 Å². The van der Waals surface area contributed by atoms with E-state index in [1.165, 1.54) is 11.1 Å². The van der Waals surface area contributed by atoms with E-state index in [1.807, 2.05) is 41.3 Å². The van der Waals surface area contributed by atoms with Gasteiger partial charge in [0.1, 0.15) is 5.75 Å². The Labute approximate surface area is 224 Å². The van der Waals surface area contributed by atoms with Gasteiger partial charge in [0.15, 0.2) is 11.5 Å². The minimum absolute atomic E-state index is 0.0510. The number of carbonyl (C=O) groups is 1. The van der Waals surface area contributed by atoms with Crippen LogP contribution < -0.4 is 14.2 Å². The standard InChI is InChI=1S/C31H33N3O4/c1-36-28-11-7-6-10-24(28)20-33-19-23-9-5-4-8-21(23)16-27(33)31(35)34-15-13-22-17-29(37-2)30(38-3)18-25(22)26(34)12-14-32/h4-11,17-18,26-27H,12-13,15-16,19-20H2,1-3H3/t26-,27?/m0/s1. The number of para-hydroxylation sites is 1. The molecule has 0 bridgehead atoms. The molecule has 0 fully saturated rings. The molecular formula is C31H33N3O4. The molecule has 1 unspecified atom stereocenters. The Morgan fingerprint density at radius 1 is 0.921 bits per heavy atom. The van der Waals surface area contributed by atoms with Gasteiger partial charge in [0, 0.05) is 25.2 Å². The molecule has 2 aliphatic heterocycles. The topological polar surface area (TPSA) is 75.0 Å². The highest BCUT2D eigenvalue weighted by atomic mass is 16.5. The first-order valence-electron chi connectivity index (χ1n) is 12.9. The monoisotopic (exact) mass is 511 g/mol. The van der Waals surface area contributed by atoms with E-state index in [0.29, 0.717) is 44.0 Å². The summed E-state index contributed by atoms with van der Waals surface area (Å²) in [6.45, 7) is 1.81. The number of hydrogen-bond donors (Lipinski definition) is 0. The molecular weight excluding hydrogens is 478 g/mol. The molecule has 2 heterocycles. The SMILES string of the molecule is COc1ccccc1CN1Cc2ccccc2CC1C(=O)N1CCc2cc(OC)c(OC)cc2[C@@H]1CC#N. The van der Waals surface area contributed by atoms with E-state index < -0.39 is 0 Å². The van der Waals surface area contributed by atoms with Gasteiger partial charge >= 0.3 is 0 Å². The molecule has 0 aromatic heterocycles. The normalized spacial score (nSPS) is 18.6. The van der Waals surface area contributed by atoms with Crippen molar-refractivity contribution >= 4 is 5.91 Å². The molecule has 1 amide bonds. The summed E-state index contributed by atoms with van der Waals surface area (Å²) in [6.07, 6.45) is 1.53. The lowest BCUT2D eigenvalue weighted by Gasteiger charge is -2.43. The third-order valence-corrected chi connectivity index (χ3v) is 7.77. The number of fused-ring (bicyclic) bond motifs is 2.